The zero-order valence-electron chi connectivity index (χ0n) is 28.4. The van der Waals surface area contributed by atoms with E-state index in [1.807, 2.05) is 45.9 Å². The standard InChI is InChI=1S/C36H64N2O4/c1-10-14-17-31(12-3)26-38(27-32(13-4)18-15-11-2)21-22-40-28-30(7)41-23-24-42-35(39)37-36(8,9)34-20-16-19-33(25-34)29(5)6/h16,19-20,25,30-32H,5,10-15,17-18,21-24,26-28H2,1-4,6-9H3,(H,37,39). The van der Waals surface area contributed by atoms with E-state index in [1.165, 1.54) is 64.5 Å². The zero-order valence-corrected chi connectivity index (χ0v) is 28.4. The van der Waals surface area contributed by atoms with Gasteiger partial charge in [-0.1, -0.05) is 96.6 Å². The Morgan fingerprint density at radius 2 is 1.60 bits per heavy atom. The minimum Gasteiger partial charge on any atom is -0.447 e. The number of ether oxygens (including phenoxy) is 3. The lowest BCUT2D eigenvalue weighted by Gasteiger charge is -2.30. The van der Waals surface area contributed by atoms with Gasteiger partial charge in [-0.25, -0.2) is 4.79 Å². The second-order valence-corrected chi connectivity index (χ2v) is 12.6. The Hall–Kier alpha value is -1.89. The van der Waals surface area contributed by atoms with Gasteiger partial charge >= 0.3 is 6.09 Å². The lowest BCUT2D eigenvalue weighted by molar-refractivity contribution is -0.0254. The monoisotopic (exact) mass is 588 g/mol. The van der Waals surface area contributed by atoms with Crippen LogP contribution in [-0.4, -0.2) is 63.2 Å². The molecule has 0 aromatic heterocycles. The van der Waals surface area contributed by atoms with E-state index in [0.717, 1.165) is 35.1 Å². The molecule has 1 N–H and O–H groups in total. The molecule has 6 heteroatoms. The van der Waals surface area contributed by atoms with Gasteiger partial charge < -0.3 is 24.4 Å². The van der Waals surface area contributed by atoms with Gasteiger partial charge in [-0.2, -0.15) is 0 Å². The molecule has 1 rings (SSSR count). The van der Waals surface area contributed by atoms with E-state index >= 15 is 0 Å². The summed E-state index contributed by atoms with van der Waals surface area (Å²) in [6.45, 7) is 26.2. The van der Waals surface area contributed by atoms with Crippen molar-refractivity contribution in [3.8, 4) is 0 Å². The number of nitrogens with zero attached hydrogens (tertiary/aromatic N) is 1. The Bertz CT molecular complexity index is 854. The Morgan fingerprint density at radius 1 is 0.976 bits per heavy atom. The van der Waals surface area contributed by atoms with Crippen molar-refractivity contribution >= 4 is 11.7 Å². The van der Waals surface area contributed by atoms with E-state index in [0.29, 0.717) is 19.8 Å². The first kappa shape index (κ1) is 38.1. The maximum Gasteiger partial charge on any atom is 0.407 e. The first-order valence-corrected chi connectivity index (χ1v) is 16.7. The number of rotatable bonds is 24. The number of allylic oxidation sites excluding steroid dienone is 1. The van der Waals surface area contributed by atoms with Crippen molar-refractivity contribution in [3.63, 3.8) is 0 Å². The molecule has 0 heterocycles. The minimum absolute atomic E-state index is 0.0627. The van der Waals surface area contributed by atoms with Crippen LogP contribution in [0.1, 0.15) is 118 Å². The molecule has 0 aliphatic heterocycles. The van der Waals surface area contributed by atoms with Crippen LogP contribution in [0.4, 0.5) is 4.79 Å². The lowest BCUT2D eigenvalue weighted by atomic mass is 9.92. The lowest BCUT2D eigenvalue weighted by Crippen LogP contribution is -2.41. The van der Waals surface area contributed by atoms with Gasteiger partial charge in [0, 0.05) is 19.6 Å². The van der Waals surface area contributed by atoms with Gasteiger partial charge in [0.1, 0.15) is 6.61 Å². The third kappa shape index (κ3) is 16.1. The van der Waals surface area contributed by atoms with Crippen molar-refractivity contribution in [2.24, 2.45) is 11.8 Å². The molecule has 0 aliphatic rings. The molecule has 0 saturated carbocycles. The molecular weight excluding hydrogens is 524 g/mol. The fraction of sp³-hybridized carbons (Fsp3) is 0.750. The topological polar surface area (TPSA) is 60.0 Å². The van der Waals surface area contributed by atoms with E-state index in [1.54, 1.807) is 0 Å². The summed E-state index contributed by atoms with van der Waals surface area (Å²) in [5.41, 5.74) is 2.47. The molecule has 3 atom stereocenters. The van der Waals surface area contributed by atoms with Crippen molar-refractivity contribution in [2.75, 3.05) is 46.1 Å². The fourth-order valence-corrected chi connectivity index (χ4v) is 5.23. The van der Waals surface area contributed by atoms with Crippen LogP contribution in [0.25, 0.3) is 5.57 Å². The Morgan fingerprint density at radius 3 is 2.14 bits per heavy atom. The van der Waals surface area contributed by atoms with Gasteiger partial charge in [-0.05, 0) is 69.6 Å². The van der Waals surface area contributed by atoms with Crippen LogP contribution >= 0.6 is 0 Å². The number of amides is 1. The summed E-state index contributed by atoms with van der Waals surface area (Å²) in [5, 5.41) is 2.96. The van der Waals surface area contributed by atoms with Crippen molar-refractivity contribution in [1.29, 1.82) is 0 Å². The zero-order chi connectivity index (χ0) is 31.4. The number of benzene rings is 1. The summed E-state index contributed by atoms with van der Waals surface area (Å²) in [4.78, 5) is 15.1. The molecule has 42 heavy (non-hydrogen) atoms. The second-order valence-electron chi connectivity index (χ2n) is 12.6. The molecule has 242 valence electrons. The molecular formula is C36H64N2O4. The molecule has 0 fully saturated rings. The number of carbonyl (C=O) groups excluding carboxylic acids is 1. The quantitative estimate of drug-likeness (QED) is 0.122. The van der Waals surface area contributed by atoms with Gasteiger partial charge in [0.25, 0.3) is 0 Å². The second kappa shape index (κ2) is 21.7. The summed E-state index contributed by atoms with van der Waals surface area (Å²) < 4.78 is 17.3. The minimum atomic E-state index is -0.571. The van der Waals surface area contributed by atoms with E-state index < -0.39 is 11.6 Å². The van der Waals surface area contributed by atoms with E-state index in [4.69, 9.17) is 14.2 Å². The number of nitrogens with one attached hydrogen (secondary N) is 1. The summed E-state index contributed by atoms with van der Waals surface area (Å²) in [6.07, 6.45) is 9.78. The summed E-state index contributed by atoms with van der Waals surface area (Å²) in [7, 11) is 0. The van der Waals surface area contributed by atoms with Crippen LogP contribution in [0.5, 0.6) is 0 Å². The average molecular weight is 589 g/mol. The largest absolute Gasteiger partial charge is 0.447 e. The molecule has 1 aromatic carbocycles. The number of hydrogen-bond donors (Lipinski definition) is 1. The Kier molecular flexibility index (Phi) is 19.7. The highest BCUT2D eigenvalue weighted by molar-refractivity contribution is 5.69. The first-order chi connectivity index (χ1) is 20.1. The number of unbranched alkanes of at least 4 members (excludes halogenated alkanes) is 2. The molecule has 1 amide bonds. The maximum atomic E-state index is 12.4. The summed E-state index contributed by atoms with van der Waals surface area (Å²) in [5.74, 6) is 1.53. The van der Waals surface area contributed by atoms with Crippen LogP contribution < -0.4 is 5.32 Å². The highest BCUT2D eigenvalue weighted by Crippen LogP contribution is 2.24. The first-order valence-electron chi connectivity index (χ1n) is 16.7. The summed E-state index contributed by atoms with van der Waals surface area (Å²) in [6, 6.07) is 8.05. The van der Waals surface area contributed by atoms with Crippen molar-refractivity contribution in [2.45, 2.75) is 118 Å². The van der Waals surface area contributed by atoms with Crippen LogP contribution in [0.15, 0.2) is 30.8 Å². The molecule has 3 unspecified atom stereocenters. The van der Waals surface area contributed by atoms with Crippen LogP contribution in [0, 0.1) is 11.8 Å². The molecule has 0 spiro atoms. The van der Waals surface area contributed by atoms with Gasteiger partial charge in [0.2, 0.25) is 0 Å². The maximum absolute atomic E-state index is 12.4. The summed E-state index contributed by atoms with van der Waals surface area (Å²) >= 11 is 0. The van der Waals surface area contributed by atoms with E-state index in [2.05, 4.69) is 50.6 Å². The average Bonchev–Trinajstić information content (AvgIpc) is 2.97. The highest BCUT2D eigenvalue weighted by atomic mass is 16.6. The van der Waals surface area contributed by atoms with E-state index in [-0.39, 0.29) is 12.7 Å². The smallest absolute Gasteiger partial charge is 0.407 e. The fourth-order valence-electron chi connectivity index (χ4n) is 5.23. The van der Waals surface area contributed by atoms with Crippen LogP contribution in [-0.2, 0) is 19.7 Å². The molecule has 0 bridgehead atoms. The van der Waals surface area contributed by atoms with Crippen LogP contribution in [0.3, 0.4) is 0 Å². The molecule has 0 radical (unpaired) electrons. The van der Waals surface area contributed by atoms with Crippen LogP contribution in [0.2, 0.25) is 0 Å². The third-order valence-corrected chi connectivity index (χ3v) is 8.23. The number of hydrogen-bond acceptors (Lipinski definition) is 5. The Labute approximate surface area is 259 Å². The van der Waals surface area contributed by atoms with Gasteiger partial charge in [0.15, 0.2) is 0 Å². The van der Waals surface area contributed by atoms with Gasteiger partial charge in [-0.15, -0.1) is 0 Å². The normalized spacial score (nSPS) is 14.0. The van der Waals surface area contributed by atoms with E-state index in [9.17, 15) is 4.79 Å². The number of carbonyl (C=O) groups is 1. The van der Waals surface area contributed by atoms with Gasteiger partial charge in [0.05, 0.1) is 31.5 Å². The van der Waals surface area contributed by atoms with Crippen molar-refractivity contribution < 1.29 is 19.0 Å². The van der Waals surface area contributed by atoms with Crippen molar-refractivity contribution in [1.82, 2.24) is 10.2 Å². The van der Waals surface area contributed by atoms with Gasteiger partial charge in [-0.3, -0.25) is 0 Å². The highest BCUT2D eigenvalue weighted by Gasteiger charge is 2.24. The molecule has 6 nitrogen and oxygen atoms in total. The predicted molar refractivity (Wildman–Crippen MR) is 178 cm³/mol. The molecule has 1 aromatic rings. The molecule has 0 aliphatic carbocycles. The van der Waals surface area contributed by atoms with Crippen molar-refractivity contribution in [3.05, 3.63) is 42.0 Å². The number of alkyl carbamates (subject to hydrolysis) is 1. The molecule has 0 saturated heterocycles. The third-order valence-electron chi connectivity index (χ3n) is 8.23. The SMILES string of the molecule is C=C(C)c1cccc(C(C)(C)NC(=O)OCCOC(C)COCCN(CC(CC)CCCC)CC(CC)CCCC)c1. The Balaban J connectivity index is 2.41. The predicted octanol–water partition coefficient (Wildman–Crippen LogP) is 8.84.